The van der Waals surface area contributed by atoms with E-state index < -0.39 is 29.5 Å². The van der Waals surface area contributed by atoms with Crippen molar-refractivity contribution in [3.8, 4) is 0 Å². The van der Waals surface area contributed by atoms with Gasteiger partial charge in [-0.3, -0.25) is 14.9 Å². The Bertz CT molecular complexity index is 451. The standard InChI is InChI=1S/C9H9F2N3O3/c10-8(11)4-13-9(15)5-1-2-6(12)7(3-5)14(16)17/h1-3,8H,4,12H2,(H,13,15). The van der Waals surface area contributed by atoms with Gasteiger partial charge in [0.2, 0.25) is 0 Å². The molecule has 1 aromatic rings. The van der Waals surface area contributed by atoms with Crippen LogP contribution < -0.4 is 11.1 Å². The van der Waals surface area contributed by atoms with Crippen molar-refractivity contribution in [2.24, 2.45) is 0 Å². The average molecular weight is 245 g/mol. The summed E-state index contributed by atoms with van der Waals surface area (Å²) in [5, 5.41) is 12.5. The number of carbonyl (C=O) groups excluding carboxylic acids is 1. The lowest BCUT2D eigenvalue weighted by Gasteiger charge is -2.05. The van der Waals surface area contributed by atoms with E-state index in [0.29, 0.717) is 0 Å². The molecule has 1 aromatic carbocycles. The molecular weight excluding hydrogens is 236 g/mol. The van der Waals surface area contributed by atoms with E-state index in [1.807, 2.05) is 5.32 Å². The summed E-state index contributed by atoms with van der Waals surface area (Å²) in [6, 6.07) is 3.34. The number of rotatable bonds is 4. The van der Waals surface area contributed by atoms with Gasteiger partial charge in [0.05, 0.1) is 11.5 Å². The molecule has 1 amide bonds. The predicted molar refractivity (Wildman–Crippen MR) is 55.8 cm³/mol. The van der Waals surface area contributed by atoms with E-state index >= 15 is 0 Å². The highest BCUT2D eigenvalue weighted by Crippen LogP contribution is 2.22. The molecule has 0 aliphatic carbocycles. The van der Waals surface area contributed by atoms with Gasteiger partial charge in [-0.1, -0.05) is 0 Å². The number of hydrogen-bond acceptors (Lipinski definition) is 4. The fourth-order valence-electron chi connectivity index (χ4n) is 1.11. The van der Waals surface area contributed by atoms with Crippen LogP contribution in [0, 0.1) is 10.1 Å². The summed E-state index contributed by atoms with van der Waals surface area (Å²) in [4.78, 5) is 21.1. The van der Waals surface area contributed by atoms with E-state index in [4.69, 9.17) is 5.73 Å². The molecular formula is C9H9F2N3O3. The van der Waals surface area contributed by atoms with Crippen LogP contribution in [0.3, 0.4) is 0 Å². The van der Waals surface area contributed by atoms with Crippen LogP contribution in [-0.2, 0) is 0 Å². The number of benzene rings is 1. The summed E-state index contributed by atoms with van der Waals surface area (Å²) in [6.45, 7) is -0.809. The van der Waals surface area contributed by atoms with Crippen molar-refractivity contribution < 1.29 is 18.5 Å². The summed E-state index contributed by atoms with van der Waals surface area (Å²) >= 11 is 0. The zero-order chi connectivity index (χ0) is 13.0. The van der Waals surface area contributed by atoms with Gasteiger partial charge in [-0.15, -0.1) is 0 Å². The molecule has 6 nitrogen and oxygen atoms in total. The topological polar surface area (TPSA) is 98.3 Å². The van der Waals surface area contributed by atoms with Crippen LogP contribution in [0.25, 0.3) is 0 Å². The molecule has 0 saturated heterocycles. The predicted octanol–water partition coefficient (Wildman–Crippen LogP) is 1.17. The molecule has 0 aromatic heterocycles. The molecule has 3 N–H and O–H groups in total. The van der Waals surface area contributed by atoms with Crippen molar-refractivity contribution in [3.63, 3.8) is 0 Å². The lowest BCUT2D eigenvalue weighted by Crippen LogP contribution is -2.28. The number of anilines is 1. The minimum Gasteiger partial charge on any atom is -0.393 e. The number of nitro groups is 1. The Labute approximate surface area is 94.6 Å². The first-order chi connectivity index (χ1) is 7.91. The van der Waals surface area contributed by atoms with Crippen molar-refractivity contribution in [2.45, 2.75) is 6.43 Å². The van der Waals surface area contributed by atoms with Gasteiger partial charge < -0.3 is 11.1 Å². The number of alkyl halides is 2. The van der Waals surface area contributed by atoms with Crippen LogP contribution in [-0.4, -0.2) is 23.8 Å². The van der Waals surface area contributed by atoms with Gasteiger partial charge in [0.1, 0.15) is 5.69 Å². The Morgan fingerprint density at radius 3 is 2.71 bits per heavy atom. The van der Waals surface area contributed by atoms with Gasteiger partial charge in [-0.25, -0.2) is 8.78 Å². The molecule has 0 atom stereocenters. The van der Waals surface area contributed by atoms with Gasteiger partial charge in [0.15, 0.2) is 0 Å². The van der Waals surface area contributed by atoms with E-state index in [0.717, 1.165) is 6.07 Å². The number of nitrogens with zero attached hydrogens (tertiary/aromatic N) is 1. The quantitative estimate of drug-likeness (QED) is 0.472. The van der Waals surface area contributed by atoms with Gasteiger partial charge in [-0.05, 0) is 12.1 Å². The first kappa shape index (κ1) is 12.8. The van der Waals surface area contributed by atoms with Crippen molar-refractivity contribution in [2.75, 3.05) is 12.3 Å². The second-order valence-corrected chi connectivity index (χ2v) is 3.13. The van der Waals surface area contributed by atoms with Gasteiger partial charge in [0, 0.05) is 11.6 Å². The van der Waals surface area contributed by atoms with Gasteiger partial charge in [-0.2, -0.15) is 0 Å². The molecule has 0 spiro atoms. The molecule has 0 radical (unpaired) electrons. The summed E-state index contributed by atoms with van der Waals surface area (Å²) in [5.74, 6) is -0.812. The van der Waals surface area contributed by atoms with Crippen molar-refractivity contribution in [1.29, 1.82) is 0 Å². The Balaban J connectivity index is 2.88. The van der Waals surface area contributed by atoms with Gasteiger partial charge >= 0.3 is 0 Å². The maximum absolute atomic E-state index is 11.8. The highest BCUT2D eigenvalue weighted by atomic mass is 19.3. The SMILES string of the molecule is Nc1ccc(C(=O)NCC(F)F)cc1[N+](=O)[O-]. The fraction of sp³-hybridized carbons (Fsp3) is 0.222. The maximum atomic E-state index is 11.8. The van der Waals surface area contributed by atoms with E-state index in [1.165, 1.54) is 12.1 Å². The van der Waals surface area contributed by atoms with E-state index in [1.54, 1.807) is 0 Å². The van der Waals surface area contributed by atoms with Gasteiger partial charge in [0.25, 0.3) is 18.0 Å². The molecule has 8 heteroatoms. The Morgan fingerprint density at radius 1 is 1.53 bits per heavy atom. The zero-order valence-corrected chi connectivity index (χ0v) is 8.52. The molecule has 0 fully saturated rings. The largest absolute Gasteiger partial charge is 0.393 e. The molecule has 0 saturated carbocycles. The second kappa shape index (κ2) is 5.19. The molecule has 0 heterocycles. The van der Waals surface area contributed by atoms with E-state index in [2.05, 4.69) is 0 Å². The van der Waals surface area contributed by atoms with Crippen LogP contribution in [0.2, 0.25) is 0 Å². The molecule has 1 rings (SSSR count). The first-order valence-corrected chi connectivity index (χ1v) is 4.52. The summed E-state index contributed by atoms with van der Waals surface area (Å²) in [6.07, 6.45) is -2.68. The summed E-state index contributed by atoms with van der Waals surface area (Å²) in [7, 11) is 0. The molecule has 92 valence electrons. The fourth-order valence-corrected chi connectivity index (χ4v) is 1.11. The third kappa shape index (κ3) is 3.37. The van der Waals surface area contributed by atoms with Crippen LogP contribution in [0.1, 0.15) is 10.4 Å². The number of nitrogen functional groups attached to an aromatic ring is 1. The molecule has 0 unspecified atom stereocenters. The Kier molecular flexibility index (Phi) is 3.91. The lowest BCUT2D eigenvalue weighted by molar-refractivity contribution is -0.383. The number of nitrogens with one attached hydrogen (secondary N) is 1. The number of amides is 1. The normalized spacial score (nSPS) is 10.3. The van der Waals surface area contributed by atoms with Crippen LogP contribution in [0.4, 0.5) is 20.2 Å². The maximum Gasteiger partial charge on any atom is 0.292 e. The Hall–Kier alpha value is -2.25. The van der Waals surface area contributed by atoms with Crippen LogP contribution in [0.15, 0.2) is 18.2 Å². The van der Waals surface area contributed by atoms with Crippen LogP contribution in [0.5, 0.6) is 0 Å². The molecule has 0 bridgehead atoms. The third-order valence-corrected chi connectivity index (χ3v) is 1.91. The lowest BCUT2D eigenvalue weighted by atomic mass is 10.1. The molecule has 0 aliphatic rings. The minimum atomic E-state index is -2.68. The second-order valence-electron chi connectivity index (χ2n) is 3.13. The number of hydrogen-bond donors (Lipinski definition) is 2. The monoisotopic (exact) mass is 245 g/mol. The van der Waals surface area contributed by atoms with Crippen LogP contribution >= 0.6 is 0 Å². The number of halogens is 2. The number of carbonyl (C=O) groups is 1. The van der Waals surface area contributed by atoms with Crippen molar-refractivity contribution in [1.82, 2.24) is 5.32 Å². The van der Waals surface area contributed by atoms with E-state index in [9.17, 15) is 23.7 Å². The molecule has 0 aliphatic heterocycles. The average Bonchev–Trinajstić information content (AvgIpc) is 2.26. The smallest absolute Gasteiger partial charge is 0.292 e. The zero-order valence-electron chi connectivity index (χ0n) is 8.52. The summed E-state index contributed by atoms with van der Waals surface area (Å²) < 4.78 is 23.7. The van der Waals surface area contributed by atoms with Crippen molar-refractivity contribution >= 4 is 17.3 Å². The van der Waals surface area contributed by atoms with E-state index in [-0.39, 0.29) is 11.3 Å². The third-order valence-electron chi connectivity index (χ3n) is 1.91. The Morgan fingerprint density at radius 2 is 2.18 bits per heavy atom. The summed E-state index contributed by atoms with van der Waals surface area (Å²) in [5.41, 5.74) is 4.70. The van der Waals surface area contributed by atoms with Crippen molar-refractivity contribution in [3.05, 3.63) is 33.9 Å². The molecule has 17 heavy (non-hydrogen) atoms. The number of nitro benzene ring substituents is 1. The minimum absolute atomic E-state index is 0.0912. The highest BCUT2D eigenvalue weighted by Gasteiger charge is 2.16. The number of nitrogens with two attached hydrogens (primary N) is 1. The first-order valence-electron chi connectivity index (χ1n) is 4.52. The highest BCUT2D eigenvalue weighted by molar-refractivity contribution is 5.95.